The van der Waals surface area contributed by atoms with Gasteiger partial charge in [-0.25, -0.2) is 4.79 Å². The summed E-state index contributed by atoms with van der Waals surface area (Å²) in [6, 6.07) is 0. The molecule has 0 unspecified atom stereocenters. The first-order valence-electron chi connectivity index (χ1n) is 8.37. The summed E-state index contributed by atoms with van der Waals surface area (Å²) in [5.74, 6) is 0.559. The zero-order valence-corrected chi connectivity index (χ0v) is 15.2. The molecule has 2 rings (SSSR count). The first kappa shape index (κ1) is 18.2. The Morgan fingerprint density at radius 2 is 2.30 bits per heavy atom. The third kappa shape index (κ3) is 6.87. The number of hydrogen-bond acceptors (Lipinski definition) is 5. The van der Waals surface area contributed by atoms with Gasteiger partial charge in [-0.2, -0.15) is 0 Å². The summed E-state index contributed by atoms with van der Waals surface area (Å²) in [5.41, 5.74) is 1.40. The largest absolute Gasteiger partial charge is 0.444 e. The fourth-order valence-electron chi connectivity index (χ4n) is 2.75. The molecule has 0 bridgehead atoms. The van der Waals surface area contributed by atoms with Gasteiger partial charge in [-0.3, -0.25) is 4.98 Å². The molecule has 1 saturated heterocycles. The number of likely N-dealkylation sites (tertiary alicyclic amines) is 1. The molecule has 1 fully saturated rings. The first-order chi connectivity index (χ1) is 10.9. The molecule has 1 aliphatic rings. The lowest BCUT2D eigenvalue weighted by atomic mass is 9.94. The number of aromatic nitrogens is 1. The maximum atomic E-state index is 12.1. The van der Waals surface area contributed by atoms with E-state index in [9.17, 15) is 4.79 Å². The topological polar surface area (TPSA) is 51.7 Å². The van der Waals surface area contributed by atoms with Gasteiger partial charge in [-0.05, 0) is 52.4 Å². The number of hydrogen-bond donors (Lipinski definition) is 0. The molecule has 1 aromatic rings. The molecule has 0 N–H and O–H groups in total. The fourth-order valence-corrected chi connectivity index (χ4v) is 3.28. The van der Waals surface area contributed by atoms with Crippen molar-refractivity contribution in [1.29, 1.82) is 0 Å². The molecule has 0 radical (unpaired) electrons. The summed E-state index contributed by atoms with van der Waals surface area (Å²) in [6.45, 7) is 8.77. The van der Waals surface area contributed by atoms with E-state index in [1.807, 2.05) is 37.4 Å². The second-order valence-electron chi connectivity index (χ2n) is 7.10. The second-order valence-corrected chi connectivity index (χ2v) is 8.07. The van der Waals surface area contributed by atoms with Crippen LogP contribution in [0, 0.1) is 5.92 Å². The second kappa shape index (κ2) is 8.64. The summed E-state index contributed by atoms with van der Waals surface area (Å²) < 4.78 is 11.1. The van der Waals surface area contributed by atoms with E-state index in [1.54, 1.807) is 11.3 Å². The Balaban J connectivity index is 1.62. The van der Waals surface area contributed by atoms with E-state index >= 15 is 0 Å². The number of piperidine rings is 1. The minimum absolute atomic E-state index is 0.177. The number of thiazole rings is 1. The Hall–Kier alpha value is -1.14. The molecule has 0 saturated carbocycles. The molecular formula is C17H28N2O3S. The van der Waals surface area contributed by atoms with Crippen molar-refractivity contribution >= 4 is 17.4 Å². The minimum atomic E-state index is -0.422. The van der Waals surface area contributed by atoms with Crippen molar-refractivity contribution in [3.05, 3.63) is 16.6 Å². The van der Waals surface area contributed by atoms with Gasteiger partial charge in [0.15, 0.2) is 0 Å². The van der Waals surface area contributed by atoms with Gasteiger partial charge in [0.05, 0.1) is 17.0 Å². The summed E-state index contributed by atoms with van der Waals surface area (Å²) in [7, 11) is 0. The maximum Gasteiger partial charge on any atom is 0.410 e. The van der Waals surface area contributed by atoms with Gasteiger partial charge in [-0.15, -0.1) is 11.3 Å². The van der Waals surface area contributed by atoms with Crippen molar-refractivity contribution in [1.82, 2.24) is 9.88 Å². The standard InChI is InChI=1S/C17H28N2O3S/c1-17(2,3)22-16(20)19-8-4-6-14(11-19)7-5-9-21-12-15-10-18-13-23-15/h10,13-14H,4-9,11-12H2,1-3H3/t14-/m1/s1. The monoisotopic (exact) mass is 340 g/mol. The van der Waals surface area contributed by atoms with E-state index in [1.165, 1.54) is 11.3 Å². The van der Waals surface area contributed by atoms with Crippen LogP contribution in [-0.2, 0) is 16.1 Å². The quantitative estimate of drug-likeness (QED) is 0.732. The van der Waals surface area contributed by atoms with Crippen molar-refractivity contribution in [3.63, 3.8) is 0 Å². The molecule has 0 aliphatic carbocycles. The van der Waals surface area contributed by atoms with Crippen molar-refractivity contribution in [3.8, 4) is 0 Å². The molecule has 2 heterocycles. The molecule has 1 aromatic heterocycles. The van der Waals surface area contributed by atoms with Gasteiger partial charge in [-0.1, -0.05) is 0 Å². The third-order valence-electron chi connectivity index (χ3n) is 3.80. The van der Waals surface area contributed by atoms with Crippen LogP contribution < -0.4 is 0 Å². The highest BCUT2D eigenvalue weighted by molar-refractivity contribution is 7.09. The van der Waals surface area contributed by atoms with Gasteiger partial charge in [0, 0.05) is 25.9 Å². The van der Waals surface area contributed by atoms with Gasteiger partial charge < -0.3 is 14.4 Å². The normalized spacial score (nSPS) is 18.9. The van der Waals surface area contributed by atoms with E-state index in [-0.39, 0.29) is 6.09 Å². The van der Waals surface area contributed by atoms with Gasteiger partial charge in [0.1, 0.15) is 5.60 Å². The summed E-state index contributed by atoms with van der Waals surface area (Å²) in [5, 5.41) is 0. The molecule has 6 heteroatoms. The lowest BCUT2D eigenvalue weighted by Crippen LogP contribution is -2.42. The van der Waals surface area contributed by atoms with Crippen molar-refractivity contribution in [2.24, 2.45) is 5.92 Å². The molecule has 1 aliphatic heterocycles. The molecule has 1 atom stereocenters. The van der Waals surface area contributed by atoms with Crippen LogP contribution in [0.4, 0.5) is 4.79 Å². The highest BCUT2D eigenvalue weighted by atomic mass is 32.1. The molecule has 5 nitrogen and oxygen atoms in total. The number of rotatable bonds is 6. The zero-order chi connectivity index (χ0) is 16.7. The predicted octanol–water partition coefficient (Wildman–Crippen LogP) is 4.09. The van der Waals surface area contributed by atoms with Crippen molar-refractivity contribution < 1.29 is 14.3 Å². The minimum Gasteiger partial charge on any atom is -0.444 e. The van der Waals surface area contributed by atoms with Crippen LogP contribution in [0.3, 0.4) is 0 Å². The van der Waals surface area contributed by atoms with E-state index < -0.39 is 5.60 Å². The smallest absolute Gasteiger partial charge is 0.410 e. The Morgan fingerprint density at radius 1 is 1.48 bits per heavy atom. The van der Waals surface area contributed by atoms with Crippen LogP contribution in [-0.4, -0.2) is 41.3 Å². The van der Waals surface area contributed by atoms with E-state index in [2.05, 4.69) is 4.98 Å². The third-order valence-corrected chi connectivity index (χ3v) is 4.55. The Kier molecular flexibility index (Phi) is 6.84. The molecule has 0 spiro atoms. The first-order valence-corrected chi connectivity index (χ1v) is 9.25. The Bertz CT molecular complexity index is 471. The molecule has 0 aromatic carbocycles. The van der Waals surface area contributed by atoms with Crippen LogP contribution >= 0.6 is 11.3 Å². The van der Waals surface area contributed by atoms with Gasteiger partial charge >= 0.3 is 6.09 Å². The van der Waals surface area contributed by atoms with E-state index in [0.717, 1.165) is 39.0 Å². The average Bonchev–Trinajstić information content (AvgIpc) is 2.99. The SMILES string of the molecule is CC(C)(C)OC(=O)N1CCC[C@H](CCCOCc2cncs2)C1. The van der Waals surface area contributed by atoms with Crippen molar-refractivity contribution in [2.45, 2.75) is 58.7 Å². The predicted molar refractivity (Wildman–Crippen MR) is 91.5 cm³/mol. The number of amides is 1. The number of nitrogens with zero attached hydrogens (tertiary/aromatic N) is 2. The average molecular weight is 340 g/mol. The number of carbonyl (C=O) groups is 1. The van der Waals surface area contributed by atoms with Gasteiger partial charge in [0.2, 0.25) is 0 Å². The van der Waals surface area contributed by atoms with Crippen LogP contribution in [0.1, 0.15) is 51.3 Å². The summed E-state index contributed by atoms with van der Waals surface area (Å²) in [4.78, 5) is 19.2. The van der Waals surface area contributed by atoms with Gasteiger partial charge in [0.25, 0.3) is 0 Å². The fraction of sp³-hybridized carbons (Fsp3) is 0.765. The molecular weight excluding hydrogens is 312 g/mol. The lowest BCUT2D eigenvalue weighted by molar-refractivity contribution is 0.0155. The van der Waals surface area contributed by atoms with Crippen LogP contribution in [0.2, 0.25) is 0 Å². The zero-order valence-electron chi connectivity index (χ0n) is 14.4. The van der Waals surface area contributed by atoms with Crippen molar-refractivity contribution in [2.75, 3.05) is 19.7 Å². The molecule has 1 amide bonds. The molecule has 130 valence electrons. The lowest BCUT2D eigenvalue weighted by Gasteiger charge is -2.34. The van der Waals surface area contributed by atoms with E-state index in [0.29, 0.717) is 12.5 Å². The van der Waals surface area contributed by atoms with E-state index in [4.69, 9.17) is 9.47 Å². The summed E-state index contributed by atoms with van der Waals surface area (Å²) >= 11 is 1.62. The Labute approximate surface area is 143 Å². The maximum absolute atomic E-state index is 12.1. The summed E-state index contributed by atoms with van der Waals surface area (Å²) in [6.07, 6.45) is 6.06. The highest BCUT2D eigenvalue weighted by Crippen LogP contribution is 2.23. The highest BCUT2D eigenvalue weighted by Gasteiger charge is 2.27. The van der Waals surface area contributed by atoms with Crippen LogP contribution in [0.15, 0.2) is 11.7 Å². The number of carbonyl (C=O) groups excluding carboxylic acids is 1. The van der Waals surface area contributed by atoms with Crippen LogP contribution in [0.25, 0.3) is 0 Å². The number of ether oxygens (including phenoxy) is 2. The Morgan fingerprint density at radius 3 is 3.00 bits per heavy atom. The molecule has 23 heavy (non-hydrogen) atoms. The van der Waals surface area contributed by atoms with Crippen LogP contribution in [0.5, 0.6) is 0 Å².